The first kappa shape index (κ1) is 20.7. The Morgan fingerprint density at radius 2 is 1.54 bits per heavy atom. The lowest BCUT2D eigenvalue weighted by molar-refractivity contribution is -0.150. The molecule has 0 amide bonds. The zero-order valence-corrected chi connectivity index (χ0v) is 19.8. The van der Waals surface area contributed by atoms with Gasteiger partial charge >= 0.3 is 0 Å². The van der Waals surface area contributed by atoms with Gasteiger partial charge in [-0.05, 0) is 22.4 Å². The highest BCUT2D eigenvalue weighted by atomic mass is 16.5. The van der Waals surface area contributed by atoms with Crippen molar-refractivity contribution in [2.24, 2.45) is 5.10 Å². The number of nitrogens with zero attached hydrogens (tertiary/aromatic N) is 3. The second-order valence-corrected chi connectivity index (χ2v) is 9.99. The van der Waals surface area contributed by atoms with E-state index in [1.807, 2.05) is 0 Å². The quantitative estimate of drug-likeness (QED) is 0.356. The largest absolute Gasteiger partial charge is 0.466 e. The Balaban J connectivity index is 1.23. The molecule has 0 N–H and O–H groups in total. The molecule has 0 aliphatic carbocycles. The molecule has 1 unspecified atom stereocenters. The lowest BCUT2D eigenvalue weighted by Crippen LogP contribution is -2.59. The minimum atomic E-state index is -0.390. The van der Waals surface area contributed by atoms with Crippen LogP contribution in [0, 0.1) is 0 Å². The summed E-state index contributed by atoms with van der Waals surface area (Å²) in [6, 6.07) is 34.7. The van der Waals surface area contributed by atoms with Crippen LogP contribution in [0.1, 0.15) is 42.0 Å². The maximum atomic E-state index is 6.84. The van der Waals surface area contributed by atoms with Gasteiger partial charge in [-0.3, -0.25) is 4.90 Å². The van der Waals surface area contributed by atoms with Gasteiger partial charge in [0.05, 0.1) is 11.8 Å². The fraction of sp³-hybridized carbons (Fsp3) is 0.258. The lowest BCUT2D eigenvalue weighted by atomic mass is 9.90. The summed E-state index contributed by atoms with van der Waals surface area (Å²) in [6.07, 6.45) is 2.79. The van der Waals surface area contributed by atoms with Crippen molar-refractivity contribution in [3.8, 4) is 5.75 Å². The first-order chi connectivity index (χ1) is 17.3. The van der Waals surface area contributed by atoms with Gasteiger partial charge in [0.15, 0.2) is 0 Å². The van der Waals surface area contributed by atoms with Crippen LogP contribution in [0.5, 0.6) is 5.75 Å². The van der Waals surface area contributed by atoms with Gasteiger partial charge in [0, 0.05) is 50.0 Å². The van der Waals surface area contributed by atoms with Gasteiger partial charge in [-0.2, -0.15) is 5.10 Å². The monoisotopic (exact) mass is 459 g/mol. The van der Waals surface area contributed by atoms with Crippen molar-refractivity contribution in [2.45, 2.75) is 37.6 Å². The molecule has 1 spiro atoms. The van der Waals surface area contributed by atoms with E-state index in [0.29, 0.717) is 0 Å². The molecule has 4 aromatic rings. The average molecular weight is 460 g/mol. The third-order valence-corrected chi connectivity index (χ3v) is 7.89. The molecule has 1 fully saturated rings. The van der Waals surface area contributed by atoms with Crippen molar-refractivity contribution < 1.29 is 4.74 Å². The van der Waals surface area contributed by atoms with Gasteiger partial charge in [0.25, 0.3) is 0 Å². The highest BCUT2D eigenvalue weighted by Gasteiger charge is 2.51. The predicted octanol–water partition coefficient (Wildman–Crippen LogP) is 6.38. The van der Waals surface area contributed by atoms with E-state index in [4.69, 9.17) is 9.84 Å². The number of benzene rings is 4. The van der Waals surface area contributed by atoms with Crippen molar-refractivity contribution in [2.75, 3.05) is 13.1 Å². The van der Waals surface area contributed by atoms with Gasteiger partial charge in [0.1, 0.15) is 5.75 Å². The van der Waals surface area contributed by atoms with Crippen LogP contribution in [-0.4, -0.2) is 34.4 Å². The molecule has 4 nitrogen and oxygen atoms in total. The number of para-hydroxylation sites is 1. The van der Waals surface area contributed by atoms with Crippen molar-refractivity contribution in [1.29, 1.82) is 0 Å². The van der Waals surface area contributed by atoms with Gasteiger partial charge < -0.3 is 4.74 Å². The van der Waals surface area contributed by atoms with Crippen LogP contribution in [0.25, 0.3) is 10.8 Å². The molecule has 35 heavy (non-hydrogen) atoms. The molecule has 4 aromatic carbocycles. The summed E-state index contributed by atoms with van der Waals surface area (Å²) in [5, 5.41) is 10.2. The van der Waals surface area contributed by atoms with E-state index >= 15 is 0 Å². The standard InChI is InChI=1S/C31H29N3O/c1-2-9-23(10-3-1)22-33-19-17-31(18-20-33)34-29(27-14-6-7-16-30(27)35-31)21-28(32-34)26-15-8-12-24-11-4-5-13-25(24)26/h1-16,29H,17-22H2. The second-order valence-electron chi connectivity index (χ2n) is 9.99. The fourth-order valence-corrected chi connectivity index (χ4v) is 6.10. The zero-order chi connectivity index (χ0) is 23.2. The molecular formula is C31H29N3O. The smallest absolute Gasteiger partial charge is 0.200 e. The first-order valence-electron chi connectivity index (χ1n) is 12.7. The molecule has 3 heterocycles. The number of ether oxygens (including phenoxy) is 1. The first-order valence-corrected chi connectivity index (χ1v) is 12.7. The number of fused-ring (bicyclic) bond motifs is 5. The topological polar surface area (TPSA) is 28.1 Å². The van der Waals surface area contributed by atoms with Gasteiger partial charge in [-0.15, -0.1) is 0 Å². The Morgan fingerprint density at radius 3 is 2.43 bits per heavy atom. The van der Waals surface area contributed by atoms with Crippen molar-refractivity contribution in [3.05, 3.63) is 114 Å². The minimum Gasteiger partial charge on any atom is -0.466 e. The molecular weight excluding hydrogens is 430 g/mol. The third-order valence-electron chi connectivity index (χ3n) is 7.89. The maximum Gasteiger partial charge on any atom is 0.200 e. The summed E-state index contributed by atoms with van der Waals surface area (Å²) in [5.41, 5.74) is 4.64. The number of likely N-dealkylation sites (tertiary alicyclic amines) is 1. The van der Waals surface area contributed by atoms with E-state index in [0.717, 1.165) is 50.4 Å². The third kappa shape index (κ3) is 3.52. The van der Waals surface area contributed by atoms with Crippen LogP contribution in [0.15, 0.2) is 102 Å². The van der Waals surface area contributed by atoms with E-state index in [-0.39, 0.29) is 6.04 Å². The number of rotatable bonds is 3. The van der Waals surface area contributed by atoms with Crippen LogP contribution < -0.4 is 4.74 Å². The number of hydrazone groups is 1. The SMILES string of the molecule is c1ccc(CN2CCC3(CC2)Oc2ccccc2C2CC(c4cccc5ccccc45)=NN23)cc1. The molecule has 0 bridgehead atoms. The van der Waals surface area contributed by atoms with Crippen LogP contribution in [0.2, 0.25) is 0 Å². The Labute approximate surface area is 206 Å². The summed E-state index contributed by atoms with van der Waals surface area (Å²) in [4.78, 5) is 2.55. The molecule has 1 atom stereocenters. The Morgan fingerprint density at radius 1 is 0.800 bits per heavy atom. The molecule has 0 radical (unpaired) electrons. The highest BCUT2D eigenvalue weighted by molar-refractivity contribution is 6.11. The molecule has 4 heteroatoms. The van der Waals surface area contributed by atoms with Crippen molar-refractivity contribution in [3.63, 3.8) is 0 Å². The zero-order valence-electron chi connectivity index (χ0n) is 19.8. The summed E-state index contributed by atoms with van der Waals surface area (Å²) in [6.45, 7) is 2.99. The van der Waals surface area contributed by atoms with Crippen molar-refractivity contribution >= 4 is 16.5 Å². The van der Waals surface area contributed by atoms with Crippen LogP contribution in [0.3, 0.4) is 0 Å². The predicted molar refractivity (Wildman–Crippen MR) is 140 cm³/mol. The Kier molecular flexibility index (Phi) is 4.88. The van der Waals surface area contributed by atoms with Crippen LogP contribution >= 0.6 is 0 Å². The lowest BCUT2D eigenvalue weighted by Gasteiger charge is -2.51. The Hall–Kier alpha value is -3.63. The van der Waals surface area contributed by atoms with Gasteiger partial charge in [-0.1, -0.05) is 91.0 Å². The highest BCUT2D eigenvalue weighted by Crippen LogP contribution is 2.50. The van der Waals surface area contributed by atoms with E-state index in [1.165, 1.54) is 27.5 Å². The van der Waals surface area contributed by atoms with Crippen LogP contribution in [0.4, 0.5) is 0 Å². The fourth-order valence-electron chi connectivity index (χ4n) is 6.10. The number of hydrogen-bond donors (Lipinski definition) is 0. The summed E-state index contributed by atoms with van der Waals surface area (Å²) < 4.78 is 6.84. The summed E-state index contributed by atoms with van der Waals surface area (Å²) >= 11 is 0. The summed E-state index contributed by atoms with van der Waals surface area (Å²) in [7, 11) is 0. The minimum absolute atomic E-state index is 0.217. The normalized spacial score (nSPS) is 20.9. The molecule has 7 rings (SSSR count). The maximum absolute atomic E-state index is 6.84. The average Bonchev–Trinajstić information content (AvgIpc) is 3.37. The van der Waals surface area contributed by atoms with Crippen LogP contribution in [-0.2, 0) is 6.54 Å². The van der Waals surface area contributed by atoms with Gasteiger partial charge in [0.2, 0.25) is 5.72 Å². The van der Waals surface area contributed by atoms with E-state index < -0.39 is 5.72 Å². The molecule has 0 saturated carbocycles. The van der Waals surface area contributed by atoms with E-state index in [9.17, 15) is 0 Å². The number of piperidine rings is 1. The second kappa shape index (κ2) is 8.24. The molecule has 174 valence electrons. The molecule has 0 aromatic heterocycles. The Bertz CT molecular complexity index is 1400. The van der Waals surface area contributed by atoms with Crippen molar-refractivity contribution in [1.82, 2.24) is 9.91 Å². The molecule has 3 aliphatic heterocycles. The molecule has 3 aliphatic rings. The van der Waals surface area contributed by atoms with E-state index in [1.54, 1.807) is 0 Å². The number of hydrogen-bond acceptors (Lipinski definition) is 4. The summed E-state index contributed by atoms with van der Waals surface area (Å²) in [5.74, 6) is 1.03. The molecule has 1 saturated heterocycles. The van der Waals surface area contributed by atoms with Gasteiger partial charge in [-0.25, -0.2) is 5.01 Å². The van der Waals surface area contributed by atoms with E-state index in [2.05, 4.69) is 107 Å².